The van der Waals surface area contributed by atoms with Crippen LogP contribution in [0.25, 0.3) is 0 Å². The van der Waals surface area contributed by atoms with E-state index in [0.717, 1.165) is 11.3 Å². The van der Waals surface area contributed by atoms with E-state index in [1.54, 1.807) is 4.90 Å². The number of para-hydroxylation sites is 2. The summed E-state index contributed by atoms with van der Waals surface area (Å²) in [5, 5.41) is 2.80. The number of rotatable bonds is 4. The van der Waals surface area contributed by atoms with Crippen molar-refractivity contribution >= 4 is 23.2 Å². The van der Waals surface area contributed by atoms with Crippen molar-refractivity contribution in [2.75, 3.05) is 30.4 Å². The molecular weight excluding hydrogens is 302 g/mol. The minimum atomic E-state index is -0.166. The van der Waals surface area contributed by atoms with Gasteiger partial charge in [-0.1, -0.05) is 42.5 Å². The largest absolute Gasteiger partial charge is 0.323 e. The number of amides is 2. The van der Waals surface area contributed by atoms with Crippen LogP contribution in [0, 0.1) is 0 Å². The summed E-state index contributed by atoms with van der Waals surface area (Å²) in [5.74, 6) is -0.247. The van der Waals surface area contributed by atoms with Crippen molar-refractivity contribution in [3.63, 3.8) is 0 Å². The highest BCUT2D eigenvalue weighted by molar-refractivity contribution is 6.10. The van der Waals surface area contributed by atoms with E-state index in [1.165, 1.54) is 0 Å². The molecule has 0 saturated heterocycles. The predicted octanol–water partition coefficient (Wildman–Crippen LogP) is 2.66. The molecule has 1 aliphatic heterocycles. The van der Waals surface area contributed by atoms with Crippen LogP contribution in [0.2, 0.25) is 0 Å². The molecule has 5 nitrogen and oxygen atoms in total. The summed E-state index contributed by atoms with van der Waals surface area (Å²) in [6.45, 7) is 2.38. The fourth-order valence-corrected chi connectivity index (χ4v) is 2.88. The van der Waals surface area contributed by atoms with Gasteiger partial charge in [0.1, 0.15) is 6.54 Å². The quantitative estimate of drug-likeness (QED) is 0.941. The lowest BCUT2D eigenvalue weighted by atomic mass is 10.1. The Bertz CT molecular complexity index is 745. The highest BCUT2D eigenvalue weighted by Crippen LogP contribution is 2.29. The average Bonchev–Trinajstić information content (AvgIpc) is 2.60. The normalized spacial score (nSPS) is 15.0. The van der Waals surface area contributed by atoms with Crippen LogP contribution in [0.3, 0.4) is 0 Å². The maximum absolute atomic E-state index is 12.8. The summed E-state index contributed by atoms with van der Waals surface area (Å²) < 4.78 is 0. The number of nitrogens with one attached hydrogen (secondary N) is 1. The van der Waals surface area contributed by atoms with Crippen LogP contribution in [0.5, 0.6) is 0 Å². The first kappa shape index (κ1) is 16.2. The minimum Gasteiger partial charge on any atom is -0.323 e. The monoisotopic (exact) mass is 323 g/mol. The van der Waals surface area contributed by atoms with Gasteiger partial charge in [-0.15, -0.1) is 0 Å². The molecule has 1 N–H and O–H groups in total. The van der Waals surface area contributed by atoms with Gasteiger partial charge >= 0.3 is 0 Å². The maximum atomic E-state index is 12.8. The maximum Gasteiger partial charge on any atom is 0.244 e. The lowest BCUT2D eigenvalue weighted by molar-refractivity contribution is -0.122. The molecule has 0 aromatic heterocycles. The van der Waals surface area contributed by atoms with E-state index in [0.29, 0.717) is 5.69 Å². The van der Waals surface area contributed by atoms with Crippen LogP contribution < -0.4 is 10.2 Å². The molecule has 0 radical (unpaired) electrons. The molecule has 1 heterocycles. The Kier molecular flexibility index (Phi) is 4.62. The van der Waals surface area contributed by atoms with Crippen molar-refractivity contribution in [3.05, 3.63) is 60.2 Å². The molecule has 3 rings (SSSR count). The predicted molar refractivity (Wildman–Crippen MR) is 94.9 cm³/mol. The molecule has 5 heteroatoms. The number of hydrogen-bond acceptors (Lipinski definition) is 3. The minimum absolute atomic E-state index is 0.0589. The fourth-order valence-electron chi connectivity index (χ4n) is 2.88. The molecule has 1 atom stereocenters. The van der Waals surface area contributed by atoms with Crippen LogP contribution in [-0.4, -0.2) is 36.9 Å². The summed E-state index contributed by atoms with van der Waals surface area (Å²) >= 11 is 0. The molecule has 2 aromatic carbocycles. The summed E-state index contributed by atoms with van der Waals surface area (Å²) in [4.78, 5) is 28.2. The summed E-state index contributed by atoms with van der Waals surface area (Å²) in [5.41, 5.74) is 2.59. The van der Waals surface area contributed by atoms with Gasteiger partial charge < -0.3 is 5.32 Å². The molecule has 0 bridgehead atoms. The Hall–Kier alpha value is -2.66. The number of nitrogens with zero attached hydrogens (tertiary/aromatic N) is 2. The first-order chi connectivity index (χ1) is 11.6. The number of carbonyl (C=O) groups is 2. The Morgan fingerprint density at radius 3 is 2.58 bits per heavy atom. The second kappa shape index (κ2) is 6.84. The number of fused-ring (bicyclic) bond motifs is 1. The number of hydrogen-bond donors (Lipinski definition) is 1. The molecule has 2 amide bonds. The second-order valence-electron chi connectivity index (χ2n) is 6.05. The lowest BCUT2D eigenvalue weighted by Gasteiger charge is -2.32. The lowest BCUT2D eigenvalue weighted by Crippen LogP contribution is -2.46. The zero-order chi connectivity index (χ0) is 17.1. The average molecular weight is 323 g/mol. The second-order valence-corrected chi connectivity index (χ2v) is 6.05. The van der Waals surface area contributed by atoms with Gasteiger partial charge in [-0.3, -0.25) is 19.4 Å². The third-order valence-corrected chi connectivity index (χ3v) is 4.40. The van der Waals surface area contributed by atoms with E-state index in [-0.39, 0.29) is 30.9 Å². The topological polar surface area (TPSA) is 52.7 Å². The molecule has 0 unspecified atom stereocenters. The molecule has 0 saturated carbocycles. The number of carbonyl (C=O) groups excluding carboxylic acids is 2. The number of benzene rings is 2. The summed E-state index contributed by atoms with van der Waals surface area (Å²) in [7, 11) is 1.92. The van der Waals surface area contributed by atoms with Crippen molar-refractivity contribution in [2.24, 2.45) is 0 Å². The van der Waals surface area contributed by atoms with Gasteiger partial charge in [0.2, 0.25) is 11.8 Å². The highest BCUT2D eigenvalue weighted by atomic mass is 16.2. The van der Waals surface area contributed by atoms with Gasteiger partial charge in [0.15, 0.2) is 0 Å². The van der Waals surface area contributed by atoms with E-state index in [2.05, 4.69) is 24.4 Å². The van der Waals surface area contributed by atoms with E-state index >= 15 is 0 Å². The molecule has 0 aliphatic carbocycles. The third kappa shape index (κ3) is 3.31. The summed E-state index contributed by atoms with van der Waals surface area (Å²) in [6.07, 6.45) is 0. The van der Waals surface area contributed by atoms with Crippen LogP contribution in [-0.2, 0) is 9.59 Å². The van der Waals surface area contributed by atoms with Gasteiger partial charge in [0.25, 0.3) is 0 Å². The van der Waals surface area contributed by atoms with Crippen LogP contribution in [0.1, 0.15) is 18.5 Å². The Morgan fingerprint density at radius 1 is 1.17 bits per heavy atom. The molecule has 0 fully saturated rings. The Balaban J connectivity index is 1.74. The van der Waals surface area contributed by atoms with Crippen molar-refractivity contribution in [1.82, 2.24) is 4.90 Å². The zero-order valence-electron chi connectivity index (χ0n) is 13.9. The van der Waals surface area contributed by atoms with E-state index in [9.17, 15) is 9.59 Å². The SMILES string of the molecule is C[C@@H](c1ccccc1)N(C)CC(=O)N1CC(=O)Nc2ccccc21. The van der Waals surface area contributed by atoms with Crippen LogP contribution >= 0.6 is 0 Å². The van der Waals surface area contributed by atoms with Crippen LogP contribution in [0.4, 0.5) is 11.4 Å². The first-order valence-electron chi connectivity index (χ1n) is 8.00. The van der Waals surface area contributed by atoms with Crippen molar-refractivity contribution in [3.8, 4) is 0 Å². The summed E-state index contributed by atoms with van der Waals surface area (Å²) in [6, 6.07) is 17.6. The van der Waals surface area contributed by atoms with Gasteiger partial charge in [0.05, 0.1) is 17.9 Å². The van der Waals surface area contributed by atoms with Crippen molar-refractivity contribution in [2.45, 2.75) is 13.0 Å². The van der Waals surface area contributed by atoms with Crippen LogP contribution in [0.15, 0.2) is 54.6 Å². The first-order valence-corrected chi connectivity index (χ1v) is 8.00. The van der Waals surface area contributed by atoms with Gasteiger partial charge in [0, 0.05) is 6.04 Å². The highest BCUT2D eigenvalue weighted by Gasteiger charge is 2.27. The van der Waals surface area contributed by atoms with Gasteiger partial charge in [-0.05, 0) is 31.7 Å². The number of anilines is 2. The zero-order valence-corrected chi connectivity index (χ0v) is 13.9. The molecule has 2 aromatic rings. The standard InChI is InChI=1S/C19H21N3O2/c1-14(15-8-4-3-5-9-15)21(2)13-19(24)22-12-18(23)20-16-10-6-7-11-17(16)22/h3-11,14H,12-13H2,1-2H3,(H,20,23)/t14-/m0/s1. The van der Waals surface area contributed by atoms with Crippen molar-refractivity contribution < 1.29 is 9.59 Å². The number of likely N-dealkylation sites (N-methyl/N-ethyl adjacent to an activating group) is 1. The van der Waals surface area contributed by atoms with Crippen molar-refractivity contribution in [1.29, 1.82) is 0 Å². The smallest absolute Gasteiger partial charge is 0.244 e. The molecule has 124 valence electrons. The third-order valence-electron chi connectivity index (χ3n) is 4.40. The van der Waals surface area contributed by atoms with E-state index in [1.807, 2.05) is 54.4 Å². The Labute approximate surface area is 141 Å². The molecule has 1 aliphatic rings. The molecule has 24 heavy (non-hydrogen) atoms. The Morgan fingerprint density at radius 2 is 1.83 bits per heavy atom. The van der Waals surface area contributed by atoms with Gasteiger partial charge in [-0.2, -0.15) is 0 Å². The van der Waals surface area contributed by atoms with E-state index < -0.39 is 0 Å². The van der Waals surface area contributed by atoms with E-state index in [4.69, 9.17) is 0 Å². The molecule has 0 spiro atoms. The molecular formula is C19H21N3O2. The van der Waals surface area contributed by atoms with Gasteiger partial charge in [-0.25, -0.2) is 0 Å². The fraction of sp³-hybridized carbons (Fsp3) is 0.263.